The molecule has 14 heavy (non-hydrogen) atoms. The van der Waals surface area contributed by atoms with Crippen LogP contribution in [0.1, 0.15) is 12.5 Å². The second kappa shape index (κ2) is 3.94. The molecule has 1 unspecified atom stereocenters. The third-order valence-electron chi connectivity index (χ3n) is 2.44. The van der Waals surface area contributed by atoms with E-state index in [1.165, 1.54) is 11.1 Å². The first-order valence-electron chi connectivity index (χ1n) is 4.99. The molecule has 0 radical (unpaired) electrons. The van der Waals surface area contributed by atoms with E-state index in [0.717, 1.165) is 19.6 Å². The number of hydrogen-bond acceptors (Lipinski definition) is 3. The topological polar surface area (TPSA) is 55.9 Å². The van der Waals surface area contributed by atoms with Crippen LogP contribution in [0.2, 0.25) is 0 Å². The molecule has 76 valence electrons. The van der Waals surface area contributed by atoms with E-state index in [1.807, 2.05) is 10.9 Å². The summed E-state index contributed by atoms with van der Waals surface area (Å²) in [5, 5.41) is 7.52. The van der Waals surface area contributed by atoms with E-state index in [2.05, 4.69) is 29.6 Å². The Balaban J connectivity index is 2.21. The zero-order chi connectivity index (χ0) is 9.97. The first-order chi connectivity index (χ1) is 6.79. The Morgan fingerprint density at radius 3 is 3.21 bits per heavy atom. The Kier molecular flexibility index (Phi) is 2.65. The fourth-order valence-corrected chi connectivity index (χ4v) is 1.65. The van der Waals surface area contributed by atoms with Gasteiger partial charge in [0.25, 0.3) is 0 Å². The minimum atomic E-state index is 0.128. The minimum Gasteiger partial charge on any atom is -0.323 e. The zero-order valence-electron chi connectivity index (χ0n) is 8.40. The Morgan fingerprint density at radius 2 is 2.57 bits per heavy atom. The highest BCUT2D eigenvalue weighted by Crippen LogP contribution is 2.15. The van der Waals surface area contributed by atoms with Gasteiger partial charge < -0.3 is 11.1 Å². The highest BCUT2D eigenvalue weighted by molar-refractivity contribution is 5.67. The molecule has 2 heterocycles. The van der Waals surface area contributed by atoms with Gasteiger partial charge in [0, 0.05) is 37.4 Å². The van der Waals surface area contributed by atoms with Crippen molar-refractivity contribution in [3.63, 3.8) is 0 Å². The molecule has 1 aromatic heterocycles. The Hall–Kier alpha value is -1.13. The van der Waals surface area contributed by atoms with Crippen LogP contribution in [0.5, 0.6) is 0 Å². The Morgan fingerprint density at radius 1 is 1.71 bits per heavy atom. The van der Waals surface area contributed by atoms with E-state index in [0.29, 0.717) is 0 Å². The third-order valence-corrected chi connectivity index (χ3v) is 2.44. The van der Waals surface area contributed by atoms with E-state index < -0.39 is 0 Å². The lowest BCUT2D eigenvalue weighted by molar-refractivity contribution is 0.657. The average Bonchev–Trinajstić information content (AvgIpc) is 2.66. The normalized spacial score (nSPS) is 22.1. The van der Waals surface area contributed by atoms with Crippen LogP contribution in [0, 0.1) is 0 Å². The molecule has 0 aromatic carbocycles. The maximum absolute atomic E-state index is 5.84. The van der Waals surface area contributed by atoms with Crippen molar-refractivity contribution in [3.05, 3.63) is 24.0 Å². The molecule has 0 saturated heterocycles. The summed E-state index contributed by atoms with van der Waals surface area (Å²) in [6, 6.07) is 0.128. The van der Waals surface area contributed by atoms with Crippen molar-refractivity contribution < 1.29 is 0 Å². The van der Waals surface area contributed by atoms with Crippen molar-refractivity contribution in [2.45, 2.75) is 19.5 Å². The van der Waals surface area contributed by atoms with Crippen LogP contribution in [-0.2, 0) is 6.54 Å². The number of nitrogens with zero attached hydrogens (tertiary/aromatic N) is 2. The fraction of sp³-hybridized carbons (Fsp3) is 0.500. The lowest BCUT2D eigenvalue weighted by atomic mass is 10.0. The van der Waals surface area contributed by atoms with Gasteiger partial charge in [0.2, 0.25) is 0 Å². The summed E-state index contributed by atoms with van der Waals surface area (Å²) in [6.45, 7) is 4.75. The molecular weight excluding hydrogens is 176 g/mol. The van der Waals surface area contributed by atoms with Gasteiger partial charge in [-0.2, -0.15) is 5.10 Å². The van der Waals surface area contributed by atoms with E-state index >= 15 is 0 Å². The fourth-order valence-electron chi connectivity index (χ4n) is 1.65. The van der Waals surface area contributed by atoms with E-state index in [-0.39, 0.29) is 6.04 Å². The van der Waals surface area contributed by atoms with Crippen molar-refractivity contribution in [1.29, 1.82) is 0 Å². The molecule has 0 saturated carbocycles. The molecule has 0 aliphatic carbocycles. The standard InChI is InChI=1S/C10H16N4/c1-2-14-7-9(5-13-14)8-3-10(11)6-12-4-8/h3,5,7,10,12H,2,4,6,11H2,1H3. The van der Waals surface area contributed by atoms with Gasteiger partial charge >= 0.3 is 0 Å². The number of nitrogens with two attached hydrogens (primary N) is 1. The summed E-state index contributed by atoms with van der Waals surface area (Å²) < 4.78 is 1.93. The average molecular weight is 192 g/mol. The number of hydrogen-bond donors (Lipinski definition) is 2. The monoisotopic (exact) mass is 192 g/mol. The summed E-state index contributed by atoms with van der Waals surface area (Å²) in [7, 11) is 0. The predicted molar refractivity (Wildman–Crippen MR) is 56.7 cm³/mol. The van der Waals surface area contributed by atoms with Gasteiger partial charge in [-0.05, 0) is 12.5 Å². The van der Waals surface area contributed by atoms with Crippen LogP contribution < -0.4 is 11.1 Å². The molecule has 3 N–H and O–H groups in total. The lowest BCUT2D eigenvalue weighted by Crippen LogP contribution is -2.37. The van der Waals surface area contributed by atoms with E-state index in [1.54, 1.807) is 0 Å². The molecule has 0 spiro atoms. The van der Waals surface area contributed by atoms with Gasteiger partial charge in [0.15, 0.2) is 0 Å². The largest absolute Gasteiger partial charge is 0.323 e. The summed E-state index contributed by atoms with van der Waals surface area (Å²) in [5.74, 6) is 0. The smallest absolute Gasteiger partial charge is 0.0565 e. The molecule has 4 nitrogen and oxygen atoms in total. The second-order valence-corrected chi connectivity index (χ2v) is 3.57. The molecular formula is C10H16N4. The van der Waals surface area contributed by atoms with Crippen LogP contribution in [0.15, 0.2) is 18.5 Å². The molecule has 1 aliphatic heterocycles. The van der Waals surface area contributed by atoms with Crippen molar-refractivity contribution in [2.24, 2.45) is 5.73 Å². The summed E-state index contributed by atoms with van der Waals surface area (Å²) in [4.78, 5) is 0. The third kappa shape index (κ3) is 1.86. The highest BCUT2D eigenvalue weighted by atomic mass is 15.3. The number of aromatic nitrogens is 2. The van der Waals surface area contributed by atoms with Crippen molar-refractivity contribution in [2.75, 3.05) is 13.1 Å². The SMILES string of the molecule is CCn1cc(C2=CC(N)CNC2)cn1. The highest BCUT2D eigenvalue weighted by Gasteiger charge is 2.11. The Bertz CT molecular complexity index is 340. The van der Waals surface area contributed by atoms with Crippen molar-refractivity contribution >= 4 is 5.57 Å². The molecule has 1 aliphatic rings. The summed E-state index contributed by atoms with van der Waals surface area (Å²) in [5.41, 5.74) is 8.26. The number of aryl methyl sites for hydroxylation is 1. The van der Waals surface area contributed by atoms with Gasteiger partial charge in [-0.3, -0.25) is 4.68 Å². The van der Waals surface area contributed by atoms with Gasteiger partial charge in [-0.1, -0.05) is 6.08 Å². The molecule has 4 heteroatoms. The van der Waals surface area contributed by atoms with Gasteiger partial charge in [-0.25, -0.2) is 0 Å². The maximum Gasteiger partial charge on any atom is 0.0565 e. The van der Waals surface area contributed by atoms with Gasteiger partial charge in [0.1, 0.15) is 0 Å². The van der Waals surface area contributed by atoms with Crippen LogP contribution in [-0.4, -0.2) is 28.9 Å². The predicted octanol–water partition coefficient (Wildman–Crippen LogP) is 0.217. The van der Waals surface area contributed by atoms with Crippen molar-refractivity contribution in [1.82, 2.24) is 15.1 Å². The molecule has 2 rings (SSSR count). The van der Waals surface area contributed by atoms with Gasteiger partial charge in [0.05, 0.1) is 6.20 Å². The van der Waals surface area contributed by atoms with Crippen LogP contribution in [0.3, 0.4) is 0 Å². The minimum absolute atomic E-state index is 0.128. The first kappa shape index (κ1) is 9.43. The molecule has 0 bridgehead atoms. The summed E-state index contributed by atoms with van der Waals surface area (Å²) >= 11 is 0. The van der Waals surface area contributed by atoms with E-state index in [9.17, 15) is 0 Å². The van der Waals surface area contributed by atoms with Gasteiger partial charge in [-0.15, -0.1) is 0 Å². The zero-order valence-corrected chi connectivity index (χ0v) is 8.40. The first-order valence-corrected chi connectivity index (χ1v) is 4.99. The van der Waals surface area contributed by atoms with Crippen molar-refractivity contribution in [3.8, 4) is 0 Å². The molecule has 0 fully saturated rings. The second-order valence-electron chi connectivity index (χ2n) is 3.57. The lowest BCUT2D eigenvalue weighted by Gasteiger charge is -2.18. The van der Waals surface area contributed by atoms with E-state index in [4.69, 9.17) is 5.73 Å². The number of nitrogens with one attached hydrogen (secondary N) is 1. The molecule has 1 aromatic rings. The van der Waals surface area contributed by atoms with Crippen LogP contribution in [0.4, 0.5) is 0 Å². The quantitative estimate of drug-likeness (QED) is 0.704. The van der Waals surface area contributed by atoms with Crippen LogP contribution in [0.25, 0.3) is 5.57 Å². The summed E-state index contributed by atoms with van der Waals surface area (Å²) in [6.07, 6.45) is 6.08. The molecule has 1 atom stereocenters. The molecule has 0 amide bonds. The maximum atomic E-state index is 5.84. The number of rotatable bonds is 2. The van der Waals surface area contributed by atoms with Crippen LogP contribution >= 0.6 is 0 Å². The Labute approximate surface area is 83.8 Å².